The van der Waals surface area contributed by atoms with Crippen LogP contribution in [0.15, 0.2) is 12.7 Å². The lowest BCUT2D eigenvalue weighted by Crippen LogP contribution is -2.40. The molecule has 0 unspecified atom stereocenters. The second-order valence-electron chi connectivity index (χ2n) is 2.91. The van der Waals surface area contributed by atoms with Crippen molar-refractivity contribution in [3.63, 3.8) is 0 Å². The summed E-state index contributed by atoms with van der Waals surface area (Å²) in [5.41, 5.74) is 0. The topological polar surface area (TPSA) is 43.4 Å². The van der Waals surface area contributed by atoms with Gasteiger partial charge in [0, 0.05) is 5.75 Å². The number of thioether (sulfide) groups is 1. The Morgan fingerprint density at radius 3 is 2.50 bits per heavy atom. The normalized spacial score (nSPS) is 14.2. The molecule has 0 aliphatic rings. The molecule has 0 spiro atoms. The molecular weight excluding hydrogens is 200 g/mol. The fourth-order valence-electron chi connectivity index (χ4n) is 0.799. The fourth-order valence-corrected chi connectivity index (χ4v) is 1.63. The van der Waals surface area contributed by atoms with Gasteiger partial charge in [-0.2, -0.15) is 0 Å². The second-order valence-corrected chi connectivity index (χ2v) is 4.35. The highest BCUT2D eigenvalue weighted by atomic mass is 32.2. The molecule has 14 heavy (non-hydrogen) atoms. The Hall–Kier alpha value is -0.770. The Morgan fingerprint density at radius 1 is 1.57 bits per heavy atom. The number of hydrogen-bond donors (Lipinski definition) is 0. The lowest BCUT2D eigenvalue weighted by Gasteiger charge is -2.22. The predicted molar refractivity (Wildman–Crippen MR) is 58.4 cm³/mol. The van der Waals surface area contributed by atoms with Gasteiger partial charge >= 0.3 is 5.97 Å². The monoisotopic (exact) mass is 216 g/mol. The molecule has 0 fully saturated rings. The molecule has 0 saturated heterocycles. The fraction of sp³-hybridized carbons (Fsp3) is 0.600. The molecule has 1 atom stereocenters. The highest BCUT2D eigenvalue weighted by Gasteiger charge is 2.39. The van der Waals surface area contributed by atoms with Crippen molar-refractivity contribution in [3.05, 3.63) is 12.7 Å². The van der Waals surface area contributed by atoms with Crippen LogP contribution in [-0.2, 0) is 14.3 Å². The van der Waals surface area contributed by atoms with E-state index in [-0.39, 0.29) is 12.4 Å². The summed E-state index contributed by atoms with van der Waals surface area (Å²) in [4.78, 5) is 22.8. The molecule has 0 aliphatic heterocycles. The minimum Gasteiger partial charge on any atom is -0.465 e. The van der Waals surface area contributed by atoms with Crippen LogP contribution in [0.2, 0.25) is 0 Å². The van der Waals surface area contributed by atoms with E-state index in [1.165, 1.54) is 18.7 Å². The predicted octanol–water partition coefficient (Wildman–Crippen LogP) is 1.82. The summed E-state index contributed by atoms with van der Waals surface area (Å²) in [5.74, 6) is -0.114. The van der Waals surface area contributed by atoms with E-state index in [9.17, 15) is 9.59 Å². The van der Waals surface area contributed by atoms with Crippen LogP contribution in [-0.4, -0.2) is 28.9 Å². The zero-order chi connectivity index (χ0) is 11.2. The van der Waals surface area contributed by atoms with E-state index < -0.39 is 10.7 Å². The first-order chi connectivity index (χ1) is 6.49. The van der Waals surface area contributed by atoms with Crippen LogP contribution in [0.5, 0.6) is 0 Å². The summed E-state index contributed by atoms with van der Waals surface area (Å²) in [6.07, 6.45) is 1.66. The van der Waals surface area contributed by atoms with Crippen LogP contribution in [0.4, 0.5) is 0 Å². The van der Waals surface area contributed by atoms with Crippen LogP contribution < -0.4 is 0 Å². The van der Waals surface area contributed by atoms with E-state index in [0.717, 1.165) is 0 Å². The molecule has 0 amide bonds. The van der Waals surface area contributed by atoms with E-state index in [1.807, 2.05) is 0 Å². The number of ether oxygens (including phenoxy) is 1. The molecule has 0 radical (unpaired) electrons. The summed E-state index contributed by atoms with van der Waals surface area (Å²) >= 11 is 1.24. The van der Waals surface area contributed by atoms with Gasteiger partial charge < -0.3 is 4.74 Å². The van der Waals surface area contributed by atoms with Gasteiger partial charge in [-0.15, -0.1) is 18.3 Å². The molecule has 0 N–H and O–H groups in total. The van der Waals surface area contributed by atoms with Crippen molar-refractivity contribution < 1.29 is 14.3 Å². The Kier molecular flexibility index (Phi) is 5.53. The van der Waals surface area contributed by atoms with Crippen molar-refractivity contribution in [2.45, 2.75) is 25.5 Å². The Balaban J connectivity index is 4.61. The minimum absolute atomic E-state index is 0.192. The zero-order valence-electron chi connectivity index (χ0n) is 8.83. The maximum atomic E-state index is 11.5. The van der Waals surface area contributed by atoms with Crippen molar-refractivity contribution in [2.75, 3.05) is 12.4 Å². The van der Waals surface area contributed by atoms with Crippen molar-refractivity contribution in [1.29, 1.82) is 0 Å². The first kappa shape index (κ1) is 13.2. The second kappa shape index (κ2) is 5.86. The van der Waals surface area contributed by atoms with Gasteiger partial charge in [0.05, 0.1) is 6.61 Å². The summed E-state index contributed by atoms with van der Waals surface area (Å²) in [6, 6.07) is 0. The van der Waals surface area contributed by atoms with Gasteiger partial charge in [-0.3, -0.25) is 9.59 Å². The number of Topliss-reactive ketones (excluding diaryl/α,β-unsaturated/α-hetero) is 1. The zero-order valence-corrected chi connectivity index (χ0v) is 9.65. The lowest BCUT2D eigenvalue weighted by molar-refractivity contribution is -0.148. The molecule has 0 heterocycles. The summed E-state index contributed by atoms with van der Waals surface area (Å²) < 4.78 is 3.76. The SMILES string of the molecule is C=CCS[C@@](C)(C(C)=O)C(=O)OCC. The van der Waals surface area contributed by atoms with Crippen LogP contribution in [0.1, 0.15) is 20.8 Å². The third-order valence-electron chi connectivity index (χ3n) is 1.83. The van der Waals surface area contributed by atoms with E-state index in [0.29, 0.717) is 5.75 Å². The third kappa shape index (κ3) is 3.18. The van der Waals surface area contributed by atoms with Crippen molar-refractivity contribution in [2.24, 2.45) is 0 Å². The molecule has 3 nitrogen and oxygen atoms in total. The van der Waals surface area contributed by atoms with E-state index >= 15 is 0 Å². The van der Waals surface area contributed by atoms with E-state index in [2.05, 4.69) is 6.58 Å². The summed E-state index contributed by atoms with van der Waals surface area (Å²) in [7, 11) is 0. The van der Waals surface area contributed by atoms with Gasteiger partial charge in [-0.25, -0.2) is 0 Å². The molecule has 0 aromatic rings. The highest BCUT2D eigenvalue weighted by Crippen LogP contribution is 2.27. The molecule has 4 heteroatoms. The maximum Gasteiger partial charge on any atom is 0.329 e. The average molecular weight is 216 g/mol. The van der Waals surface area contributed by atoms with Gasteiger partial charge in [0.15, 0.2) is 10.5 Å². The van der Waals surface area contributed by atoms with E-state index in [4.69, 9.17) is 4.74 Å². The van der Waals surface area contributed by atoms with Crippen LogP contribution in [0, 0.1) is 0 Å². The van der Waals surface area contributed by atoms with Gasteiger partial charge in [-0.05, 0) is 20.8 Å². The number of ketones is 1. The van der Waals surface area contributed by atoms with Gasteiger partial charge in [0.2, 0.25) is 0 Å². The Morgan fingerprint density at radius 2 is 2.14 bits per heavy atom. The van der Waals surface area contributed by atoms with Gasteiger partial charge in [-0.1, -0.05) is 6.08 Å². The number of esters is 1. The van der Waals surface area contributed by atoms with Crippen molar-refractivity contribution in [3.8, 4) is 0 Å². The Labute approximate surface area is 88.9 Å². The van der Waals surface area contributed by atoms with Gasteiger partial charge in [0.1, 0.15) is 0 Å². The number of carbonyl (C=O) groups is 2. The largest absolute Gasteiger partial charge is 0.465 e. The maximum absolute atomic E-state index is 11.5. The number of hydrogen-bond acceptors (Lipinski definition) is 4. The molecule has 0 rings (SSSR count). The summed E-state index contributed by atoms with van der Waals surface area (Å²) in [6.45, 7) is 8.53. The molecular formula is C10H16O3S. The molecule has 0 bridgehead atoms. The van der Waals surface area contributed by atoms with Crippen molar-refractivity contribution in [1.82, 2.24) is 0 Å². The van der Waals surface area contributed by atoms with E-state index in [1.54, 1.807) is 19.9 Å². The minimum atomic E-state index is -1.09. The highest BCUT2D eigenvalue weighted by molar-refractivity contribution is 8.02. The van der Waals surface area contributed by atoms with Crippen molar-refractivity contribution >= 4 is 23.5 Å². The molecule has 0 aliphatic carbocycles. The first-order valence-corrected chi connectivity index (χ1v) is 5.40. The molecule has 0 aromatic heterocycles. The summed E-state index contributed by atoms with van der Waals surface area (Å²) in [5, 5.41) is 0. The Bertz CT molecular complexity index is 238. The number of rotatable bonds is 6. The van der Waals surface area contributed by atoms with Crippen LogP contribution in [0.3, 0.4) is 0 Å². The molecule has 0 saturated carbocycles. The number of carbonyl (C=O) groups excluding carboxylic acids is 2. The molecule has 80 valence electrons. The smallest absolute Gasteiger partial charge is 0.329 e. The standard InChI is InChI=1S/C10H16O3S/c1-5-7-14-10(4,8(3)11)9(12)13-6-2/h5H,1,6-7H2,2-4H3/t10-/m0/s1. The first-order valence-electron chi connectivity index (χ1n) is 4.42. The van der Waals surface area contributed by atoms with Crippen LogP contribution in [0.25, 0.3) is 0 Å². The van der Waals surface area contributed by atoms with Crippen LogP contribution >= 0.6 is 11.8 Å². The molecule has 0 aromatic carbocycles. The quantitative estimate of drug-likeness (QED) is 0.386. The third-order valence-corrected chi connectivity index (χ3v) is 3.26. The van der Waals surface area contributed by atoms with Gasteiger partial charge in [0.25, 0.3) is 0 Å². The average Bonchev–Trinajstić information content (AvgIpc) is 2.14. The lowest BCUT2D eigenvalue weighted by atomic mass is 10.1.